The summed E-state index contributed by atoms with van der Waals surface area (Å²) in [6.45, 7) is 0. The lowest BCUT2D eigenvalue weighted by Gasteiger charge is -2.12. The first-order chi connectivity index (χ1) is 18.9. The molecule has 0 fully saturated rings. The molecule has 0 aromatic heterocycles. The normalized spacial score (nSPS) is 11.0. The minimum absolute atomic E-state index is 0.0842. The van der Waals surface area contributed by atoms with Gasteiger partial charge in [-0.1, -0.05) is 70.0 Å². The number of hydrogen-bond donors (Lipinski definition) is 3. The molecule has 4 rings (SSSR count). The van der Waals surface area contributed by atoms with E-state index in [1.807, 2.05) is 36.4 Å². The fraction of sp³-hybridized carbons (Fsp3) is 0.0333. The molecule has 0 heterocycles. The number of hydrogen-bond acceptors (Lipinski definition) is 4. The van der Waals surface area contributed by atoms with Crippen LogP contribution in [0.4, 0.5) is 11.4 Å². The predicted molar refractivity (Wildman–Crippen MR) is 162 cm³/mol. The lowest BCUT2D eigenvalue weighted by atomic mass is 10.1. The summed E-state index contributed by atoms with van der Waals surface area (Å²) in [5.74, 6) is -0.896. The van der Waals surface area contributed by atoms with Crippen molar-refractivity contribution in [1.82, 2.24) is 5.32 Å². The van der Waals surface area contributed by atoms with E-state index >= 15 is 0 Å². The molecule has 3 N–H and O–H groups in total. The SMILES string of the molecule is O=C(CSc1cccc(NC(=O)/C(=C\c2cccc(Br)c2)NC(=O)c2ccccc2)c1)Nc1cccc(Cl)c1. The Morgan fingerprint density at radius 1 is 0.795 bits per heavy atom. The molecule has 0 aliphatic rings. The number of halogens is 2. The van der Waals surface area contributed by atoms with Gasteiger partial charge in [-0.25, -0.2) is 0 Å². The Balaban J connectivity index is 1.45. The van der Waals surface area contributed by atoms with E-state index in [0.29, 0.717) is 22.0 Å². The molecular formula is C30H23BrClN3O3S. The Hall–Kier alpha value is -3.85. The van der Waals surface area contributed by atoms with E-state index in [9.17, 15) is 14.4 Å². The summed E-state index contributed by atoms with van der Waals surface area (Å²) >= 11 is 10.7. The number of rotatable bonds is 9. The molecule has 0 unspecified atom stereocenters. The highest BCUT2D eigenvalue weighted by atomic mass is 79.9. The molecule has 6 nitrogen and oxygen atoms in total. The molecule has 39 heavy (non-hydrogen) atoms. The molecule has 3 amide bonds. The Morgan fingerprint density at radius 3 is 2.26 bits per heavy atom. The van der Waals surface area contributed by atoms with Crippen LogP contribution in [0.5, 0.6) is 0 Å². The number of thioether (sulfide) groups is 1. The summed E-state index contributed by atoms with van der Waals surface area (Å²) in [5.41, 5.74) is 2.39. The van der Waals surface area contributed by atoms with Crippen molar-refractivity contribution in [1.29, 1.82) is 0 Å². The molecule has 0 bridgehead atoms. The molecule has 4 aromatic rings. The van der Waals surface area contributed by atoms with Gasteiger partial charge in [0.15, 0.2) is 0 Å². The average Bonchev–Trinajstić information content (AvgIpc) is 2.92. The third-order valence-corrected chi connectivity index (χ3v) is 6.98. The lowest BCUT2D eigenvalue weighted by molar-refractivity contribution is -0.114. The minimum atomic E-state index is -0.486. The quantitative estimate of drug-likeness (QED) is 0.136. The maximum atomic E-state index is 13.3. The molecule has 9 heteroatoms. The Bertz CT molecular complexity index is 1530. The summed E-state index contributed by atoms with van der Waals surface area (Å²) < 4.78 is 0.842. The number of anilines is 2. The van der Waals surface area contributed by atoms with Gasteiger partial charge in [-0.2, -0.15) is 0 Å². The molecule has 0 saturated heterocycles. The summed E-state index contributed by atoms with van der Waals surface area (Å²) in [4.78, 5) is 39.3. The van der Waals surface area contributed by atoms with Crippen LogP contribution >= 0.6 is 39.3 Å². The summed E-state index contributed by atoms with van der Waals surface area (Å²) in [7, 11) is 0. The topological polar surface area (TPSA) is 87.3 Å². The zero-order valence-corrected chi connectivity index (χ0v) is 23.6. The second-order valence-electron chi connectivity index (χ2n) is 8.26. The second-order valence-corrected chi connectivity index (χ2v) is 10.7. The van der Waals surface area contributed by atoms with Gasteiger partial charge in [-0.15, -0.1) is 11.8 Å². The number of benzene rings is 4. The van der Waals surface area contributed by atoms with Crippen LogP contribution in [-0.2, 0) is 9.59 Å². The number of carbonyl (C=O) groups is 3. The predicted octanol–water partition coefficient (Wildman–Crippen LogP) is 7.24. The van der Waals surface area contributed by atoms with Gasteiger partial charge in [0.2, 0.25) is 5.91 Å². The highest BCUT2D eigenvalue weighted by Gasteiger charge is 2.15. The standard InChI is InChI=1S/C30H23BrClN3O3S/c31-22-10-4-7-20(15-22)16-27(35-29(37)21-8-2-1-3-9-21)30(38)34-25-13-6-14-26(18-25)39-19-28(36)33-24-12-5-11-23(32)17-24/h1-18H,19H2,(H,33,36)(H,34,38)(H,35,37)/b27-16+. The smallest absolute Gasteiger partial charge is 0.272 e. The third kappa shape index (κ3) is 8.85. The van der Waals surface area contributed by atoms with E-state index in [-0.39, 0.29) is 17.4 Å². The maximum absolute atomic E-state index is 13.3. The van der Waals surface area contributed by atoms with Crippen LogP contribution in [0, 0.1) is 0 Å². The number of nitrogens with one attached hydrogen (secondary N) is 3. The van der Waals surface area contributed by atoms with Crippen LogP contribution < -0.4 is 16.0 Å². The number of carbonyl (C=O) groups excluding carboxylic acids is 3. The molecule has 0 spiro atoms. The Morgan fingerprint density at radius 2 is 1.51 bits per heavy atom. The molecule has 0 saturated carbocycles. The molecule has 0 aliphatic heterocycles. The number of amides is 3. The van der Waals surface area contributed by atoms with Crippen molar-refractivity contribution in [3.63, 3.8) is 0 Å². The van der Waals surface area contributed by atoms with Gasteiger partial charge >= 0.3 is 0 Å². The first-order valence-corrected chi connectivity index (χ1v) is 13.9. The van der Waals surface area contributed by atoms with Crippen LogP contribution in [-0.4, -0.2) is 23.5 Å². The largest absolute Gasteiger partial charge is 0.325 e. The third-order valence-electron chi connectivity index (χ3n) is 5.26. The lowest BCUT2D eigenvalue weighted by Crippen LogP contribution is -2.30. The molecule has 0 aliphatic carbocycles. The van der Waals surface area contributed by atoms with Crippen LogP contribution in [0.3, 0.4) is 0 Å². The monoisotopic (exact) mass is 619 g/mol. The van der Waals surface area contributed by atoms with Gasteiger partial charge in [0.1, 0.15) is 5.70 Å². The van der Waals surface area contributed by atoms with Crippen molar-refractivity contribution in [2.75, 3.05) is 16.4 Å². The maximum Gasteiger partial charge on any atom is 0.272 e. The second kappa shape index (κ2) is 13.8. The fourth-order valence-corrected chi connectivity index (χ4v) is 4.84. The van der Waals surface area contributed by atoms with E-state index in [1.165, 1.54) is 11.8 Å². The molecule has 0 atom stereocenters. The van der Waals surface area contributed by atoms with E-state index in [0.717, 1.165) is 14.9 Å². The van der Waals surface area contributed by atoms with Gasteiger partial charge in [0, 0.05) is 31.3 Å². The highest BCUT2D eigenvalue weighted by molar-refractivity contribution is 9.10. The van der Waals surface area contributed by atoms with Crippen molar-refractivity contribution in [2.24, 2.45) is 0 Å². The molecular weight excluding hydrogens is 598 g/mol. The van der Waals surface area contributed by atoms with E-state index in [2.05, 4.69) is 31.9 Å². The summed E-state index contributed by atoms with van der Waals surface area (Å²) in [6, 6.07) is 30.1. The molecule has 196 valence electrons. The summed E-state index contributed by atoms with van der Waals surface area (Å²) in [6.07, 6.45) is 1.61. The van der Waals surface area contributed by atoms with E-state index < -0.39 is 11.8 Å². The molecule has 4 aromatic carbocycles. The average molecular weight is 621 g/mol. The van der Waals surface area contributed by atoms with Crippen LogP contribution in [0.2, 0.25) is 5.02 Å². The zero-order valence-electron chi connectivity index (χ0n) is 20.5. The van der Waals surface area contributed by atoms with Gasteiger partial charge in [0.25, 0.3) is 11.8 Å². The van der Waals surface area contributed by atoms with Gasteiger partial charge in [-0.05, 0) is 72.3 Å². The first kappa shape index (κ1) is 28.2. The van der Waals surface area contributed by atoms with E-state index in [4.69, 9.17) is 11.6 Å². The van der Waals surface area contributed by atoms with Gasteiger partial charge < -0.3 is 16.0 Å². The van der Waals surface area contributed by atoms with Crippen LogP contribution in [0.1, 0.15) is 15.9 Å². The van der Waals surface area contributed by atoms with Crippen LogP contribution in [0.15, 0.2) is 118 Å². The van der Waals surface area contributed by atoms with Crippen molar-refractivity contribution < 1.29 is 14.4 Å². The minimum Gasteiger partial charge on any atom is -0.325 e. The van der Waals surface area contributed by atoms with Crippen molar-refractivity contribution in [2.45, 2.75) is 4.90 Å². The Kier molecular flexibility index (Phi) is 9.97. The van der Waals surface area contributed by atoms with Gasteiger partial charge in [0.05, 0.1) is 5.75 Å². The summed E-state index contributed by atoms with van der Waals surface area (Å²) in [5, 5.41) is 8.92. The van der Waals surface area contributed by atoms with Crippen molar-refractivity contribution >= 4 is 74.5 Å². The van der Waals surface area contributed by atoms with Gasteiger partial charge in [-0.3, -0.25) is 14.4 Å². The van der Waals surface area contributed by atoms with Crippen molar-refractivity contribution in [3.05, 3.63) is 129 Å². The van der Waals surface area contributed by atoms with E-state index in [1.54, 1.807) is 72.8 Å². The fourth-order valence-electron chi connectivity index (χ4n) is 3.48. The molecule has 0 radical (unpaired) electrons. The zero-order chi connectivity index (χ0) is 27.6. The first-order valence-electron chi connectivity index (χ1n) is 11.8. The van der Waals surface area contributed by atoms with Crippen LogP contribution in [0.25, 0.3) is 6.08 Å². The van der Waals surface area contributed by atoms with Crippen molar-refractivity contribution in [3.8, 4) is 0 Å². The highest BCUT2D eigenvalue weighted by Crippen LogP contribution is 2.23. The Labute approximate surface area is 244 Å².